The first-order valence-electron chi connectivity index (χ1n) is 2.94. The molecule has 5 nitrogen and oxygen atoms in total. The van der Waals surface area contributed by atoms with Crippen LogP contribution in [0.2, 0.25) is 0 Å². The van der Waals surface area contributed by atoms with Crippen LogP contribution >= 0.6 is 0 Å². The molecule has 0 spiro atoms. The van der Waals surface area contributed by atoms with E-state index in [4.69, 9.17) is 0 Å². The average Bonchev–Trinajstić information content (AvgIpc) is 1.85. The second-order valence-corrected chi connectivity index (χ2v) is 1.73. The van der Waals surface area contributed by atoms with E-state index in [1.165, 1.54) is 0 Å². The van der Waals surface area contributed by atoms with Crippen LogP contribution in [0.5, 0.6) is 0 Å². The van der Waals surface area contributed by atoms with Gasteiger partial charge in [-0.2, -0.15) is 0 Å². The smallest absolute Gasteiger partial charge is 0.346 e. The Kier molecular flexibility index (Phi) is 4.19. The SMILES string of the molecule is CCCC(=O)OC[N+](=O)[O-]. The van der Waals surface area contributed by atoms with Crippen LogP contribution in [0.25, 0.3) is 0 Å². The van der Waals surface area contributed by atoms with Gasteiger partial charge in [0.05, 0.1) is 4.92 Å². The summed E-state index contributed by atoms with van der Waals surface area (Å²) in [6.45, 7) is 1.08. The predicted octanol–water partition coefficient (Wildman–Crippen LogP) is 0.564. The highest BCUT2D eigenvalue weighted by atomic mass is 16.7. The van der Waals surface area contributed by atoms with Gasteiger partial charge in [0.25, 0.3) is 0 Å². The molecule has 0 aliphatic heterocycles. The van der Waals surface area contributed by atoms with Crippen LogP contribution in [0.15, 0.2) is 0 Å². The van der Waals surface area contributed by atoms with Crippen molar-refractivity contribution in [2.75, 3.05) is 6.73 Å². The molecule has 0 amide bonds. The van der Waals surface area contributed by atoms with Gasteiger partial charge in [0.1, 0.15) is 0 Å². The van der Waals surface area contributed by atoms with Gasteiger partial charge in [-0.05, 0) is 6.42 Å². The average molecular weight is 147 g/mol. The van der Waals surface area contributed by atoms with Gasteiger partial charge in [0.15, 0.2) is 0 Å². The summed E-state index contributed by atoms with van der Waals surface area (Å²) in [4.78, 5) is 19.4. The summed E-state index contributed by atoms with van der Waals surface area (Å²) >= 11 is 0. The number of esters is 1. The largest absolute Gasteiger partial charge is 0.400 e. The Balaban J connectivity index is 3.30. The van der Waals surface area contributed by atoms with E-state index in [9.17, 15) is 14.9 Å². The van der Waals surface area contributed by atoms with E-state index in [-0.39, 0.29) is 6.42 Å². The molecule has 0 bridgehead atoms. The summed E-state index contributed by atoms with van der Waals surface area (Å²) in [7, 11) is 0. The van der Waals surface area contributed by atoms with Crippen LogP contribution in [0.3, 0.4) is 0 Å². The molecule has 0 unspecified atom stereocenters. The third kappa shape index (κ3) is 5.02. The van der Waals surface area contributed by atoms with E-state index in [1.54, 1.807) is 6.92 Å². The van der Waals surface area contributed by atoms with Crippen molar-refractivity contribution in [2.45, 2.75) is 19.8 Å². The summed E-state index contributed by atoms with van der Waals surface area (Å²) in [5.41, 5.74) is 0. The molecule has 0 aromatic heterocycles. The third-order valence-electron chi connectivity index (χ3n) is 0.785. The third-order valence-corrected chi connectivity index (χ3v) is 0.785. The first kappa shape index (κ1) is 8.87. The zero-order valence-electron chi connectivity index (χ0n) is 5.70. The number of nitro groups is 1. The second-order valence-electron chi connectivity index (χ2n) is 1.73. The Morgan fingerprint density at radius 1 is 1.70 bits per heavy atom. The van der Waals surface area contributed by atoms with Gasteiger partial charge in [-0.25, -0.2) is 0 Å². The van der Waals surface area contributed by atoms with E-state index < -0.39 is 17.6 Å². The molecule has 0 rings (SSSR count). The molecule has 0 saturated carbocycles. The monoisotopic (exact) mass is 147 g/mol. The van der Waals surface area contributed by atoms with Crippen LogP contribution in [0.1, 0.15) is 19.8 Å². The molecule has 0 saturated heterocycles. The van der Waals surface area contributed by atoms with Crippen molar-refractivity contribution in [1.82, 2.24) is 0 Å². The van der Waals surface area contributed by atoms with Crippen LogP contribution in [0, 0.1) is 10.1 Å². The highest BCUT2D eigenvalue weighted by molar-refractivity contribution is 5.69. The molecule has 58 valence electrons. The quantitative estimate of drug-likeness (QED) is 0.252. The number of carbonyl (C=O) groups excluding carboxylic acids is 1. The van der Waals surface area contributed by atoms with Crippen LogP contribution in [-0.4, -0.2) is 17.6 Å². The Hall–Kier alpha value is -1.13. The Morgan fingerprint density at radius 2 is 2.30 bits per heavy atom. The number of hydrogen-bond acceptors (Lipinski definition) is 4. The Labute approximate surface area is 58.1 Å². The highest BCUT2D eigenvalue weighted by Gasteiger charge is 2.03. The summed E-state index contributed by atoms with van der Waals surface area (Å²) in [5, 5.41) is 9.64. The van der Waals surface area contributed by atoms with Crippen LogP contribution in [-0.2, 0) is 9.53 Å². The summed E-state index contributed by atoms with van der Waals surface area (Å²) in [6, 6.07) is 0. The number of hydrogen-bond donors (Lipinski definition) is 0. The fourth-order valence-corrected chi connectivity index (χ4v) is 0.401. The van der Waals surface area contributed by atoms with Crippen LogP contribution < -0.4 is 0 Å². The molecule has 0 heterocycles. The molecule has 0 aromatic rings. The van der Waals surface area contributed by atoms with Gasteiger partial charge in [-0.15, -0.1) is 0 Å². The van der Waals surface area contributed by atoms with E-state index in [2.05, 4.69) is 4.74 Å². The van der Waals surface area contributed by atoms with Gasteiger partial charge in [0, 0.05) is 6.42 Å². The normalized spacial score (nSPS) is 8.90. The lowest BCUT2D eigenvalue weighted by Gasteiger charge is -1.95. The van der Waals surface area contributed by atoms with E-state index >= 15 is 0 Å². The number of ether oxygens (including phenoxy) is 1. The molecule has 0 atom stereocenters. The number of rotatable bonds is 4. The molecule has 5 heteroatoms. The maximum absolute atomic E-state index is 10.4. The molecule has 0 radical (unpaired) electrons. The first-order valence-corrected chi connectivity index (χ1v) is 2.94. The number of carbonyl (C=O) groups is 1. The van der Waals surface area contributed by atoms with Gasteiger partial charge < -0.3 is 4.74 Å². The number of nitrogens with zero attached hydrogens (tertiary/aromatic N) is 1. The minimum atomic E-state index is -0.723. The Morgan fingerprint density at radius 3 is 2.70 bits per heavy atom. The van der Waals surface area contributed by atoms with Crippen molar-refractivity contribution in [2.24, 2.45) is 0 Å². The molecule has 0 N–H and O–H groups in total. The van der Waals surface area contributed by atoms with Crippen molar-refractivity contribution in [3.8, 4) is 0 Å². The van der Waals surface area contributed by atoms with Crippen molar-refractivity contribution in [1.29, 1.82) is 0 Å². The first-order chi connectivity index (χ1) is 4.66. The van der Waals surface area contributed by atoms with E-state index in [0.717, 1.165) is 0 Å². The topological polar surface area (TPSA) is 69.4 Å². The molecule has 0 aromatic carbocycles. The lowest BCUT2D eigenvalue weighted by Crippen LogP contribution is -2.11. The fourth-order valence-electron chi connectivity index (χ4n) is 0.401. The second kappa shape index (κ2) is 4.72. The van der Waals surface area contributed by atoms with Gasteiger partial charge in [-0.3, -0.25) is 14.9 Å². The standard InChI is InChI=1S/C5H9NO4/c1-2-3-5(7)10-4-6(8)9/h2-4H2,1H3. The summed E-state index contributed by atoms with van der Waals surface area (Å²) in [5.74, 6) is -0.515. The molecule has 0 fully saturated rings. The van der Waals surface area contributed by atoms with Crippen molar-refractivity contribution >= 4 is 5.97 Å². The van der Waals surface area contributed by atoms with Crippen molar-refractivity contribution in [3.05, 3.63) is 10.1 Å². The maximum Gasteiger partial charge on any atom is 0.346 e. The van der Waals surface area contributed by atoms with Crippen LogP contribution in [0.4, 0.5) is 0 Å². The minimum absolute atomic E-state index is 0.244. The van der Waals surface area contributed by atoms with E-state index in [0.29, 0.717) is 6.42 Å². The Bertz CT molecular complexity index is 134. The lowest BCUT2D eigenvalue weighted by molar-refractivity contribution is -0.519. The van der Waals surface area contributed by atoms with Crippen molar-refractivity contribution in [3.63, 3.8) is 0 Å². The maximum atomic E-state index is 10.4. The molecule has 10 heavy (non-hydrogen) atoms. The van der Waals surface area contributed by atoms with Gasteiger partial charge in [0.2, 0.25) is 0 Å². The fraction of sp³-hybridized carbons (Fsp3) is 0.800. The molecule has 0 aliphatic carbocycles. The predicted molar refractivity (Wildman–Crippen MR) is 32.9 cm³/mol. The van der Waals surface area contributed by atoms with Gasteiger partial charge in [-0.1, -0.05) is 6.92 Å². The summed E-state index contributed by atoms with van der Waals surface area (Å²) in [6.07, 6.45) is 0.893. The van der Waals surface area contributed by atoms with Crippen molar-refractivity contribution < 1.29 is 14.5 Å². The molecular weight excluding hydrogens is 138 g/mol. The molecule has 0 aliphatic rings. The van der Waals surface area contributed by atoms with E-state index in [1.807, 2.05) is 0 Å². The zero-order chi connectivity index (χ0) is 7.98. The zero-order valence-corrected chi connectivity index (χ0v) is 5.70. The lowest BCUT2D eigenvalue weighted by atomic mass is 10.3. The minimum Gasteiger partial charge on any atom is -0.400 e. The molecular formula is C5H9NO4. The van der Waals surface area contributed by atoms with Gasteiger partial charge >= 0.3 is 12.7 Å². The highest BCUT2D eigenvalue weighted by Crippen LogP contribution is 1.90. The summed E-state index contributed by atoms with van der Waals surface area (Å²) < 4.78 is 4.21.